The number of alkyl halides is 2. The highest BCUT2D eigenvalue weighted by Crippen LogP contribution is 2.32. The Morgan fingerprint density at radius 1 is 1.15 bits per heavy atom. The third kappa shape index (κ3) is 15.4. The second-order valence-electron chi connectivity index (χ2n) is 7.95. The molecular formula is C20H39F2NO4. The normalized spacial score (nSPS) is 15.1. The van der Waals surface area contributed by atoms with Gasteiger partial charge in [0.2, 0.25) is 5.92 Å². The molecule has 0 aliphatic carbocycles. The van der Waals surface area contributed by atoms with Gasteiger partial charge in [-0.05, 0) is 46.5 Å². The van der Waals surface area contributed by atoms with Crippen LogP contribution in [0.25, 0.3) is 0 Å². The summed E-state index contributed by atoms with van der Waals surface area (Å²) in [5.41, 5.74) is -0.539. The van der Waals surface area contributed by atoms with E-state index in [1.54, 1.807) is 20.8 Å². The highest BCUT2D eigenvalue weighted by Gasteiger charge is 2.38. The molecule has 162 valence electrons. The minimum Gasteiger partial charge on any atom is -0.471 e. The van der Waals surface area contributed by atoms with Crippen molar-refractivity contribution in [1.29, 1.82) is 0 Å². The molecule has 0 radical (unpaired) electrons. The number of halogens is 2. The lowest BCUT2D eigenvalue weighted by Gasteiger charge is -2.35. The van der Waals surface area contributed by atoms with Crippen LogP contribution in [0.3, 0.4) is 0 Å². The molecule has 0 unspecified atom stereocenters. The van der Waals surface area contributed by atoms with Gasteiger partial charge in [-0.25, -0.2) is 13.6 Å². The van der Waals surface area contributed by atoms with Gasteiger partial charge in [-0.3, -0.25) is 4.79 Å². The first-order chi connectivity index (χ1) is 12.3. The minimum atomic E-state index is -2.65. The van der Waals surface area contributed by atoms with Crippen LogP contribution in [0.4, 0.5) is 13.6 Å². The Morgan fingerprint density at radius 2 is 1.56 bits per heavy atom. The first-order valence-corrected chi connectivity index (χ1v) is 9.64. The molecule has 0 aromatic carbocycles. The van der Waals surface area contributed by atoms with E-state index < -0.39 is 23.5 Å². The third-order valence-corrected chi connectivity index (χ3v) is 4.35. The average Bonchev–Trinajstić information content (AvgIpc) is 2.59. The van der Waals surface area contributed by atoms with Gasteiger partial charge in [0.25, 0.3) is 6.47 Å². The standard InChI is InChI=1S/C12H21F2NO2.C6H14.C2H4O2/c1-11(2,3)17-10(16)15-7-5-9(6-8-15)12(4,13)14;1-4-6(3)5-2;1-4-2-3/h9H,5-8H2,1-4H3;6H,4-5H2,1-3H3;2H,1H3. The fraction of sp³-hybridized carbons (Fsp3) is 0.900. The van der Waals surface area contributed by atoms with Crippen LogP contribution in [-0.4, -0.2) is 49.2 Å². The molecule has 1 aliphatic rings. The summed E-state index contributed by atoms with van der Waals surface area (Å²) in [5.74, 6) is -2.34. The van der Waals surface area contributed by atoms with Crippen molar-refractivity contribution >= 4 is 12.6 Å². The molecule has 1 aliphatic heterocycles. The van der Waals surface area contributed by atoms with Crippen LogP contribution in [0.5, 0.6) is 0 Å². The molecule has 0 saturated carbocycles. The second-order valence-corrected chi connectivity index (χ2v) is 7.95. The monoisotopic (exact) mass is 395 g/mol. The van der Waals surface area contributed by atoms with Gasteiger partial charge in [-0.1, -0.05) is 33.6 Å². The lowest BCUT2D eigenvalue weighted by atomic mass is 9.91. The van der Waals surface area contributed by atoms with Gasteiger partial charge in [0, 0.05) is 19.0 Å². The van der Waals surface area contributed by atoms with Crippen molar-refractivity contribution in [2.45, 2.75) is 85.7 Å². The fourth-order valence-electron chi connectivity index (χ4n) is 2.18. The summed E-state index contributed by atoms with van der Waals surface area (Å²) in [5, 5.41) is 0. The molecule has 0 spiro atoms. The van der Waals surface area contributed by atoms with Crippen molar-refractivity contribution in [2.24, 2.45) is 11.8 Å². The summed E-state index contributed by atoms with van der Waals surface area (Å²) >= 11 is 0. The van der Waals surface area contributed by atoms with Crippen LogP contribution in [0, 0.1) is 11.8 Å². The number of nitrogens with zero attached hydrogens (tertiary/aromatic N) is 1. The smallest absolute Gasteiger partial charge is 0.410 e. The minimum absolute atomic E-state index is 0.336. The number of hydrogen-bond donors (Lipinski definition) is 0. The molecule has 1 heterocycles. The first kappa shape index (κ1) is 27.8. The zero-order chi connectivity index (χ0) is 21.7. The molecule has 1 rings (SSSR count). The van der Waals surface area contributed by atoms with Gasteiger partial charge in [-0.2, -0.15) is 0 Å². The van der Waals surface area contributed by atoms with E-state index in [1.165, 1.54) is 24.9 Å². The molecular weight excluding hydrogens is 356 g/mol. The average molecular weight is 396 g/mol. The third-order valence-electron chi connectivity index (χ3n) is 4.35. The Balaban J connectivity index is 0. The Morgan fingerprint density at radius 3 is 1.78 bits per heavy atom. The Kier molecular flexibility index (Phi) is 14.1. The zero-order valence-electron chi connectivity index (χ0n) is 18.3. The van der Waals surface area contributed by atoms with Gasteiger partial charge in [-0.15, -0.1) is 0 Å². The molecule has 1 saturated heterocycles. The van der Waals surface area contributed by atoms with Crippen LogP contribution in [0.1, 0.15) is 74.1 Å². The highest BCUT2D eigenvalue weighted by molar-refractivity contribution is 5.68. The Hall–Kier alpha value is -1.40. The molecule has 5 nitrogen and oxygen atoms in total. The predicted molar refractivity (Wildman–Crippen MR) is 104 cm³/mol. The van der Waals surface area contributed by atoms with Gasteiger partial charge in [0.05, 0.1) is 7.11 Å². The van der Waals surface area contributed by atoms with Gasteiger partial charge < -0.3 is 14.4 Å². The van der Waals surface area contributed by atoms with E-state index in [2.05, 4.69) is 25.5 Å². The van der Waals surface area contributed by atoms with Crippen molar-refractivity contribution in [3.63, 3.8) is 0 Å². The molecule has 0 bridgehead atoms. The molecule has 1 fully saturated rings. The highest BCUT2D eigenvalue weighted by atomic mass is 19.3. The van der Waals surface area contributed by atoms with Crippen molar-refractivity contribution in [3.8, 4) is 0 Å². The number of amides is 1. The maximum Gasteiger partial charge on any atom is 0.410 e. The van der Waals surface area contributed by atoms with Crippen LogP contribution in [0.15, 0.2) is 0 Å². The quantitative estimate of drug-likeness (QED) is 0.588. The van der Waals surface area contributed by atoms with Crippen molar-refractivity contribution < 1.29 is 27.8 Å². The van der Waals surface area contributed by atoms with Crippen molar-refractivity contribution in [1.82, 2.24) is 4.90 Å². The first-order valence-electron chi connectivity index (χ1n) is 9.64. The lowest BCUT2D eigenvalue weighted by Crippen LogP contribution is -2.44. The SMILES string of the molecule is CC(C)(C)OC(=O)N1CCC(C(C)(F)F)CC1.CCC(C)CC.COC=O. The van der Waals surface area contributed by atoms with Crippen LogP contribution in [0.2, 0.25) is 0 Å². The number of carbonyl (C=O) groups is 2. The lowest BCUT2D eigenvalue weighted by molar-refractivity contribution is -0.126. The molecule has 0 N–H and O–H groups in total. The zero-order valence-corrected chi connectivity index (χ0v) is 18.3. The number of hydrogen-bond acceptors (Lipinski definition) is 4. The van der Waals surface area contributed by atoms with E-state index in [0.29, 0.717) is 32.4 Å². The van der Waals surface area contributed by atoms with E-state index in [4.69, 9.17) is 9.53 Å². The molecule has 27 heavy (non-hydrogen) atoms. The number of rotatable bonds is 4. The van der Waals surface area contributed by atoms with Gasteiger partial charge in [0.1, 0.15) is 5.60 Å². The number of likely N-dealkylation sites (tertiary alicyclic amines) is 1. The van der Waals surface area contributed by atoms with Gasteiger partial charge in [0.15, 0.2) is 0 Å². The van der Waals surface area contributed by atoms with Crippen LogP contribution in [-0.2, 0) is 14.3 Å². The van der Waals surface area contributed by atoms with E-state index in [0.717, 1.165) is 12.8 Å². The van der Waals surface area contributed by atoms with Gasteiger partial charge >= 0.3 is 6.09 Å². The van der Waals surface area contributed by atoms with Crippen molar-refractivity contribution in [3.05, 3.63) is 0 Å². The number of piperidine rings is 1. The predicted octanol–water partition coefficient (Wildman–Crippen LogP) is 5.52. The molecule has 1 amide bonds. The summed E-state index contributed by atoms with van der Waals surface area (Å²) in [6, 6.07) is 0. The van der Waals surface area contributed by atoms with E-state index in [9.17, 15) is 13.6 Å². The Labute approximate surface area is 163 Å². The second kappa shape index (κ2) is 13.7. The topological polar surface area (TPSA) is 55.8 Å². The molecule has 0 atom stereocenters. The molecule has 7 heteroatoms. The van der Waals surface area contributed by atoms with Crippen LogP contribution < -0.4 is 0 Å². The summed E-state index contributed by atoms with van der Waals surface area (Å²) in [4.78, 5) is 22.1. The summed E-state index contributed by atoms with van der Waals surface area (Å²) < 4.78 is 35.2. The summed E-state index contributed by atoms with van der Waals surface area (Å²) in [7, 11) is 1.31. The van der Waals surface area contributed by atoms with Crippen molar-refractivity contribution in [2.75, 3.05) is 20.2 Å². The summed E-state index contributed by atoms with van der Waals surface area (Å²) in [6.45, 7) is 14.1. The molecule has 0 aromatic rings. The molecule has 0 aromatic heterocycles. The van der Waals surface area contributed by atoms with E-state index >= 15 is 0 Å². The number of carbonyl (C=O) groups excluding carboxylic acids is 2. The summed E-state index contributed by atoms with van der Waals surface area (Å²) in [6.07, 6.45) is 2.92. The maximum atomic E-state index is 13.1. The number of ether oxygens (including phenoxy) is 2. The number of methoxy groups -OCH3 is 1. The fourth-order valence-corrected chi connectivity index (χ4v) is 2.18. The largest absolute Gasteiger partial charge is 0.471 e. The van der Waals surface area contributed by atoms with Crippen LogP contribution >= 0.6 is 0 Å². The maximum absolute atomic E-state index is 13.1. The van der Waals surface area contributed by atoms with E-state index in [1.807, 2.05) is 0 Å². The van der Waals surface area contributed by atoms with E-state index in [-0.39, 0.29) is 0 Å². The Bertz CT molecular complexity index is 394.